The Bertz CT molecular complexity index is 306. The van der Waals surface area contributed by atoms with Gasteiger partial charge in [-0.2, -0.15) is 0 Å². The van der Waals surface area contributed by atoms with Gasteiger partial charge in [-0.1, -0.05) is 0 Å². The number of fused-ring (bicyclic) bond motifs is 1. The van der Waals surface area contributed by atoms with Gasteiger partial charge in [-0.05, 0) is 31.7 Å². The quantitative estimate of drug-likeness (QED) is 0.798. The van der Waals surface area contributed by atoms with Crippen LogP contribution in [0.4, 0.5) is 0 Å². The topological polar surface area (TPSA) is 34.4 Å². The molecule has 14 heavy (non-hydrogen) atoms. The molecule has 3 heteroatoms. The molecule has 1 aromatic heterocycles. The third-order valence-corrected chi connectivity index (χ3v) is 2.72. The summed E-state index contributed by atoms with van der Waals surface area (Å²) in [7, 11) is 0. The summed E-state index contributed by atoms with van der Waals surface area (Å²) in [5, 5.41) is 9.75. The zero-order valence-corrected chi connectivity index (χ0v) is 8.57. The molecule has 0 saturated carbocycles. The lowest BCUT2D eigenvalue weighted by Gasteiger charge is -2.16. The van der Waals surface area contributed by atoms with E-state index in [1.807, 2.05) is 17.7 Å². The minimum atomic E-state index is -0.262. The average Bonchev–Trinajstić information content (AvgIpc) is 2.59. The molecule has 0 fully saturated rings. The van der Waals surface area contributed by atoms with Crippen molar-refractivity contribution in [2.45, 2.75) is 39.0 Å². The summed E-state index contributed by atoms with van der Waals surface area (Å²) in [4.78, 5) is 0. The second kappa shape index (κ2) is 4.15. The van der Waals surface area contributed by atoms with Crippen LogP contribution in [-0.4, -0.2) is 16.3 Å². The first-order chi connectivity index (χ1) is 6.81. The highest BCUT2D eigenvalue weighted by Crippen LogP contribution is 2.29. The van der Waals surface area contributed by atoms with Crippen molar-refractivity contribution in [3.8, 4) is 0 Å². The lowest BCUT2D eigenvalue weighted by atomic mass is 9.93. The van der Waals surface area contributed by atoms with Crippen LogP contribution in [0.3, 0.4) is 0 Å². The number of aliphatic hydroxyl groups is 1. The Balaban J connectivity index is 2.13. The lowest BCUT2D eigenvalue weighted by Crippen LogP contribution is -2.05. The molecular weight excluding hydrogens is 178 g/mol. The smallest absolute Gasteiger partial charge is 0.122 e. The Morgan fingerprint density at radius 2 is 2.43 bits per heavy atom. The summed E-state index contributed by atoms with van der Waals surface area (Å²) in [6.07, 6.45) is 6.91. The van der Waals surface area contributed by atoms with Crippen LogP contribution >= 0.6 is 0 Å². The van der Waals surface area contributed by atoms with Crippen LogP contribution in [0.1, 0.15) is 37.0 Å². The fraction of sp³-hybridized carbons (Fsp3) is 0.636. The lowest BCUT2D eigenvalue weighted by molar-refractivity contribution is 0.0876. The van der Waals surface area contributed by atoms with Gasteiger partial charge >= 0.3 is 0 Å². The Hall–Kier alpha value is -0.800. The summed E-state index contributed by atoms with van der Waals surface area (Å²) in [6, 6.07) is 0. The van der Waals surface area contributed by atoms with E-state index in [0.717, 1.165) is 31.4 Å². The summed E-state index contributed by atoms with van der Waals surface area (Å²) in [6.45, 7) is 3.31. The predicted molar refractivity (Wildman–Crippen MR) is 54.0 cm³/mol. The summed E-state index contributed by atoms with van der Waals surface area (Å²) < 4.78 is 7.33. The van der Waals surface area contributed by atoms with E-state index in [1.165, 1.54) is 5.56 Å². The second-order valence-electron chi connectivity index (χ2n) is 3.78. The van der Waals surface area contributed by atoms with Gasteiger partial charge in [0.25, 0.3) is 0 Å². The van der Waals surface area contributed by atoms with E-state index < -0.39 is 0 Å². The van der Waals surface area contributed by atoms with Crippen molar-refractivity contribution in [1.29, 1.82) is 0 Å². The molecule has 2 rings (SSSR count). The number of aliphatic hydroxyl groups excluding tert-OH is 1. The molecule has 1 N–H and O–H groups in total. The second-order valence-corrected chi connectivity index (χ2v) is 3.78. The molecule has 1 unspecified atom stereocenters. The fourth-order valence-corrected chi connectivity index (χ4v) is 2.00. The summed E-state index contributed by atoms with van der Waals surface area (Å²) >= 11 is 0. The van der Waals surface area contributed by atoms with Crippen molar-refractivity contribution < 1.29 is 9.84 Å². The van der Waals surface area contributed by atoms with Crippen molar-refractivity contribution in [2.24, 2.45) is 0 Å². The third-order valence-electron chi connectivity index (χ3n) is 2.72. The van der Waals surface area contributed by atoms with Gasteiger partial charge in [0.1, 0.15) is 6.73 Å². The molecule has 1 aliphatic rings. The molecule has 0 amide bonds. The number of rotatable bonds is 3. The maximum atomic E-state index is 9.75. The number of nitrogens with zero attached hydrogens (tertiary/aromatic N) is 1. The maximum Gasteiger partial charge on any atom is 0.122 e. The van der Waals surface area contributed by atoms with Gasteiger partial charge in [0.2, 0.25) is 0 Å². The van der Waals surface area contributed by atoms with E-state index in [4.69, 9.17) is 4.74 Å². The predicted octanol–water partition coefficient (Wildman–Crippen LogP) is 1.85. The van der Waals surface area contributed by atoms with Gasteiger partial charge in [0.05, 0.1) is 6.10 Å². The number of hydrogen-bond acceptors (Lipinski definition) is 2. The molecule has 1 aliphatic carbocycles. The molecule has 3 nitrogen and oxygen atoms in total. The standard InChI is InChI=1S/C11H17NO2/c1-2-14-8-12-6-9-4-3-5-11(13)10(9)7-12/h6-7,11,13H,2-5,8H2,1H3. The molecule has 78 valence electrons. The monoisotopic (exact) mass is 195 g/mol. The number of ether oxygens (including phenoxy) is 1. The molecule has 1 atom stereocenters. The molecule has 0 bridgehead atoms. The van der Waals surface area contributed by atoms with E-state index in [-0.39, 0.29) is 6.10 Å². The Morgan fingerprint density at radius 3 is 3.14 bits per heavy atom. The SMILES string of the molecule is CCOCn1cc2c(c1)C(O)CCC2. The van der Waals surface area contributed by atoms with Crippen LogP contribution in [0.2, 0.25) is 0 Å². The molecule has 0 radical (unpaired) electrons. The number of aryl methyl sites for hydroxylation is 1. The van der Waals surface area contributed by atoms with Crippen LogP contribution in [0.15, 0.2) is 12.4 Å². The molecule has 1 heterocycles. The van der Waals surface area contributed by atoms with Crippen LogP contribution in [0, 0.1) is 0 Å². The van der Waals surface area contributed by atoms with Crippen molar-refractivity contribution in [3.63, 3.8) is 0 Å². The van der Waals surface area contributed by atoms with Crippen LogP contribution < -0.4 is 0 Å². The first-order valence-corrected chi connectivity index (χ1v) is 5.25. The summed E-state index contributed by atoms with van der Waals surface area (Å²) in [5.41, 5.74) is 2.37. The van der Waals surface area contributed by atoms with E-state index in [1.54, 1.807) is 0 Å². The average molecular weight is 195 g/mol. The summed E-state index contributed by atoms with van der Waals surface area (Å²) in [5.74, 6) is 0. The first kappa shape index (κ1) is 9.74. The Labute approximate surface area is 84.3 Å². The Kier molecular flexibility index (Phi) is 2.89. The van der Waals surface area contributed by atoms with Crippen molar-refractivity contribution >= 4 is 0 Å². The highest BCUT2D eigenvalue weighted by atomic mass is 16.5. The molecule has 0 spiro atoms. The Morgan fingerprint density at radius 1 is 1.57 bits per heavy atom. The van der Waals surface area contributed by atoms with Gasteiger partial charge in [-0.3, -0.25) is 0 Å². The van der Waals surface area contributed by atoms with E-state index in [0.29, 0.717) is 6.73 Å². The van der Waals surface area contributed by atoms with Crippen LogP contribution in [0.5, 0.6) is 0 Å². The van der Waals surface area contributed by atoms with Crippen LogP contribution in [0.25, 0.3) is 0 Å². The van der Waals surface area contributed by atoms with Gasteiger partial charge < -0.3 is 14.4 Å². The van der Waals surface area contributed by atoms with E-state index >= 15 is 0 Å². The number of aromatic nitrogens is 1. The first-order valence-electron chi connectivity index (χ1n) is 5.25. The van der Waals surface area contributed by atoms with Crippen molar-refractivity contribution in [3.05, 3.63) is 23.5 Å². The molecule has 0 saturated heterocycles. The van der Waals surface area contributed by atoms with E-state index in [2.05, 4.69) is 6.20 Å². The van der Waals surface area contributed by atoms with Gasteiger partial charge in [-0.25, -0.2) is 0 Å². The van der Waals surface area contributed by atoms with Gasteiger partial charge in [-0.15, -0.1) is 0 Å². The zero-order chi connectivity index (χ0) is 9.97. The fourth-order valence-electron chi connectivity index (χ4n) is 2.00. The highest BCUT2D eigenvalue weighted by Gasteiger charge is 2.19. The highest BCUT2D eigenvalue weighted by molar-refractivity contribution is 5.28. The third kappa shape index (κ3) is 1.83. The maximum absolute atomic E-state index is 9.75. The molecule has 0 aliphatic heterocycles. The normalized spacial score (nSPS) is 20.9. The van der Waals surface area contributed by atoms with Crippen molar-refractivity contribution in [1.82, 2.24) is 4.57 Å². The minimum Gasteiger partial charge on any atom is -0.388 e. The minimum absolute atomic E-state index is 0.262. The zero-order valence-electron chi connectivity index (χ0n) is 8.57. The van der Waals surface area contributed by atoms with Crippen LogP contribution in [-0.2, 0) is 17.9 Å². The molecular formula is C11H17NO2. The van der Waals surface area contributed by atoms with Gasteiger partial charge in [0.15, 0.2) is 0 Å². The number of hydrogen-bond donors (Lipinski definition) is 1. The van der Waals surface area contributed by atoms with Gasteiger partial charge in [0, 0.05) is 24.6 Å². The largest absolute Gasteiger partial charge is 0.388 e. The molecule has 0 aromatic carbocycles. The van der Waals surface area contributed by atoms with E-state index in [9.17, 15) is 5.11 Å². The molecule has 1 aromatic rings. The van der Waals surface area contributed by atoms with Crippen molar-refractivity contribution in [2.75, 3.05) is 6.61 Å².